The Morgan fingerprint density at radius 2 is 1.94 bits per heavy atom. The third-order valence-electron chi connectivity index (χ3n) is 6.30. The second kappa shape index (κ2) is 6.86. The summed E-state index contributed by atoms with van der Waals surface area (Å²) >= 11 is 0. The number of benzene rings is 2. The molecule has 5 rings (SSSR count). The molecule has 0 amide bonds. The quantitative estimate of drug-likeness (QED) is 0.589. The van der Waals surface area contributed by atoms with Crippen molar-refractivity contribution < 1.29 is 14.6 Å². The van der Waals surface area contributed by atoms with Crippen LogP contribution >= 0.6 is 0 Å². The fourth-order valence-electron chi connectivity index (χ4n) is 4.90. The van der Waals surface area contributed by atoms with Gasteiger partial charge >= 0.3 is 5.69 Å². The summed E-state index contributed by atoms with van der Waals surface area (Å²) in [5.74, 6) is 0.143. The number of fused-ring (bicyclic) bond motifs is 2. The monoisotopic (exact) mass is 421 g/mol. The Bertz CT molecular complexity index is 1210. The average molecular weight is 421 g/mol. The van der Waals surface area contributed by atoms with Gasteiger partial charge in [0, 0.05) is 48.3 Å². The van der Waals surface area contributed by atoms with Crippen LogP contribution in [0.25, 0.3) is 0 Å². The maximum absolute atomic E-state index is 12.4. The van der Waals surface area contributed by atoms with Gasteiger partial charge in [0.2, 0.25) is 0 Å². The van der Waals surface area contributed by atoms with E-state index < -0.39 is 15.5 Å². The Labute approximate surface area is 176 Å². The van der Waals surface area contributed by atoms with E-state index in [-0.39, 0.29) is 17.2 Å². The predicted molar refractivity (Wildman–Crippen MR) is 114 cm³/mol. The lowest BCUT2D eigenvalue weighted by Crippen LogP contribution is -2.36. The number of non-ortho nitro benzene ring substituents is 1. The Morgan fingerprint density at radius 1 is 1.13 bits per heavy atom. The zero-order valence-corrected chi connectivity index (χ0v) is 16.8. The minimum absolute atomic E-state index is 0.0826. The molecule has 2 aliphatic heterocycles. The average Bonchev–Trinajstić information content (AvgIpc) is 3.27. The number of Topliss-reactive ketones (excluding diaryl/α,β-unsaturated/α-hetero) is 1. The number of anilines is 2. The molecular formula is C21H19N5O5. The molecule has 0 fully saturated rings. The maximum Gasteiger partial charge on any atom is 0.301 e. The Hall–Kier alpha value is -3.82. The molecule has 3 aliphatic rings. The van der Waals surface area contributed by atoms with Gasteiger partial charge in [0.1, 0.15) is 5.69 Å². The zero-order chi connectivity index (χ0) is 21.9. The number of hydrogen-bond donors (Lipinski definition) is 1. The largest absolute Gasteiger partial charge is 0.367 e. The molecule has 1 aliphatic carbocycles. The fraction of sp³-hybridized carbons (Fsp3) is 0.333. The molecule has 0 radical (unpaired) electrons. The first-order valence-electron chi connectivity index (χ1n) is 10.1. The molecule has 2 aromatic rings. The molecule has 0 saturated carbocycles. The summed E-state index contributed by atoms with van der Waals surface area (Å²) in [4.78, 5) is 35.8. The highest BCUT2D eigenvalue weighted by Gasteiger charge is 2.38. The van der Waals surface area contributed by atoms with Crippen LogP contribution in [0, 0.1) is 20.2 Å². The van der Waals surface area contributed by atoms with Crippen LogP contribution in [0.3, 0.4) is 0 Å². The van der Waals surface area contributed by atoms with Crippen LogP contribution in [0.2, 0.25) is 0 Å². The van der Waals surface area contributed by atoms with E-state index in [9.17, 15) is 25.0 Å². The van der Waals surface area contributed by atoms with Crippen LogP contribution < -0.4 is 10.3 Å². The third-order valence-corrected chi connectivity index (χ3v) is 6.30. The third kappa shape index (κ3) is 2.94. The highest BCUT2D eigenvalue weighted by atomic mass is 16.6. The number of hydrogen-bond acceptors (Lipinski definition) is 8. The first-order valence-corrected chi connectivity index (χ1v) is 10.1. The number of nitro benzene ring substituents is 2. The Morgan fingerprint density at radius 3 is 2.68 bits per heavy atom. The van der Waals surface area contributed by atoms with E-state index in [0.29, 0.717) is 25.3 Å². The lowest BCUT2D eigenvalue weighted by Gasteiger charge is -2.32. The van der Waals surface area contributed by atoms with E-state index in [1.807, 2.05) is 6.07 Å². The second-order valence-corrected chi connectivity index (χ2v) is 8.09. The molecule has 0 saturated heterocycles. The minimum Gasteiger partial charge on any atom is -0.367 e. The van der Waals surface area contributed by atoms with Crippen molar-refractivity contribution in [2.24, 2.45) is 5.10 Å². The van der Waals surface area contributed by atoms with E-state index in [1.165, 1.54) is 12.1 Å². The fourth-order valence-corrected chi connectivity index (χ4v) is 4.90. The number of nitro groups is 2. The molecule has 1 N–H and O–H groups in total. The van der Waals surface area contributed by atoms with E-state index in [0.717, 1.165) is 52.7 Å². The van der Waals surface area contributed by atoms with E-state index in [1.54, 1.807) is 0 Å². The smallest absolute Gasteiger partial charge is 0.301 e. The van der Waals surface area contributed by atoms with Crippen LogP contribution in [0.5, 0.6) is 0 Å². The molecule has 10 nitrogen and oxygen atoms in total. The number of rotatable bonds is 4. The van der Waals surface area contributed by atoms with Gasteiger partial charge in [-0.2, -0.15) is 5.10 Å². The number of nitrogens with one attached hydrogen (secondary N) is 1. The van der Waals surface area contributed by atoms with Crippen molar-refractivity contribution in [1.82, 2.24) is 0 Å². The number of hydrazone groups is 1. The van der Waals surface area contributed by atoms with Crippen LogP contribution in [0.4, 0.5) is 22.7 Å². The van der Waals surface area contributed by atoms with Crippen LogP contribution in [-0.2, 0) is 12.8 Å². The first kappa shape index (κ1) is 19.2. The lowest BCUT2D eigenvalue weighted by atomic mass is 9.90. The normalized spacial score (nSPS) is 20.0. The van der Waals surface area contributed by atoms with Gasteiger partial charge in [-0.25, -0.2) is 0 Å². The molecule has 2 aromatic carbocycles. The summed E-state index contributed by atoms with van der Waals surface area (Å²) in [7, 11) is 0. The molecule has 1 atom stereocenters. The van der Waals surface area contributed by atoms with Gasteiger partial charge in [0.25, 0.3) is 5.69 Å². The van der Waals surface area contributed by atoms with Gasteiger partial charge in [-0.15, -0.1) is 0 Å². The molecule has 1 unspecified atom stereocenters. The van der Waals surface area contributed by atoms with Crippen molar-refractivity contribution in [3.8, 4) is 0 Å². The first-order chi connectivity index (χ1) is 14.8. The van der Waals surface area contributed by atoms with Crippen LogP contribution in [0.1, 0.15) is 46.8 Å². The summed E-state index contributed by atoms with van der Waals surface area (Å²) in [6.07, 6.45) is 2.65. The molecule has 0 aromatic heterocycles. The number of ketones is 1. The second-order valence-electron chi connectivity index (χ2n) is 8.09. The van der Waals surface area contributed by atoms with Crippen molar-refractivity contribution in [3.05, 3.63) is 66.7 Å². The van der Waals surface area contributed by atoms with Crippen molar-refractivity contribution in [2.45, 2.75) is 38.6 Å². The van der Waals surface area contributed by atoms with Gasteiger partial charge in [-0.05, 0) is 43.0 Å². The molecule has 31 heavy (non-hydrogen) atoms. The van der Waals surface area contributed by atoms with Crippen LogP contribution in [-0.4, -0.2) is 33.9 Å². The SMILES string of the molecule is CC1Cc2cc3c(c4c2N1CC/C4=N\Nc1ccc([N+](=O)[O-])cc1[N+](=O)[O-])CCC3=O. The minimum atomic E-state index is -0.673. The Kier molecular flexibility index (Phi) is 4.24. The molecule has 0 spiro atoms. The molecule has 2 heterocycles. The molecule has 0 bridgehead atoms. The highest BCUT2D eigenvalue weighted by molar-refractivity contribution is 6.14. The summed E-state index contributed by atoms with van der Waals surface area (Å²) in [5.41, 5.74) is 7.81. The van der Waals surface area contributed by atoms with E-state index >= 15 is 0 Å². The molecule has 158 valence electrons. The number of nitrogens with zero attached hydrogens (tertiary/aromatic N) is 4. The zero-order valence-electron chi connectivity index (χ0n) is 16.8. The topological polar surface area (TPSA) is 131 Å². The summed E-state index contributed by atoms with van der Waals surface area (Å²) in [5, 5.41) is 26.9. The summed E-state index contributed by atoms with van der Waals surface area (Å²) in [6.45, 7) is 2.94. The standard InChI is InChI=1S/C21H19N5O5/c1-11-8-12-9-15-14(3-5-19(15)27)20-17(6-7-24(11)21(12)20)23-22-16-4-2-13(25(28)29)10-18(16)26(30)31/h2,4,9-11,22H,3,5-8H2,1H3/b23-17+. The molecular weight excluding hydrogens is 402 g/mol. The van der Waals surface area contributed by atoms with Gasteiger partial charge in [0.05, 0.1) is 21.6 Å². The van der Waals surface area contributed by atoms with Crippen molar-refractivity contribution in [1.29, 1.82) is 0 Å². The van der Waals surface area contributed by atoms with Crippen molar-refractivity contribution in [2.75, 3.05) is 16.9 Å². The van der Waals surface area contributed by atoms with E-state index in [2.05, 4.69) is 22.4 Å². The number of carbonyl (C=O) groups is 1. The van der Waals surface area contributed by atoms with Gasteiger partial charge in [0.15, 0.2) is 5.78 Å². The lowest BCUT2D eigenvalue weighted by molar-refractivity contribution is -0.393. The van der Waals surface area contributed by atoms with Gasteiger partial charge < -0.3 is 4.90 Å². The highest BCUT2D eigenvalue weighted by Crippen LogP contribution is 2.44. The summed E-state index contributed by atoms with van der Waals surface area (Å²) in [6, 6.07) is 5.79. The van der Waals surface area contributed by atoms with Crippen LogP contribution in [0.15, 0.2) is 29.4 Å². The summed E-state index contributed by atoms with van der Waals surface area (Å²) < 4.78 is 0. The van der Waals surface area contributed by atoms with Crippen molar-refractivity contribution >= 4 is 34.2 Å². The van der Waals surface area contributed by atoms with Crippen molar-refractivity contribution in [3.63, 3.8) is 0 Å². The molecule has 10 heteroatoms. The number of carbonyl (C=O) groups excluding carboxylic acids is 1. The Balaban J connectivity index is 1.59. The van der Waals surface area contributed by atoms with Gasteiger partial charge in [-0.1, -0.05) is 0 Å². The van der Waals surface area contributed by atoms with E-state index in [4.69, 9.17) is 0 Å². The maximum atomic E-state index is 12.4. The van der Waals surface area contributed by atoms with Gasteiger partial charge in [-0.3, -0.25) is 30.4 Å². The predicted octanol–water partition coefficient (Wildman–Crippen LogP) is 3.60.